The number of pyridine rings is 1. The summed E-state index contributed by atoms with van der Waals surface area (Å²) in [4.78, 5) is 4.77. The first-order valence-electron chi connectivity index (χ1n) is 8.95. The second-order valence-electron chi connectivity index (χ2n) is 7.08. The van der Waals surface area contributed by atoms with E-state index in [-0.39, 0.29) is 17.9 Å². The van der Waals surface area contributed by atoms with E-state index in [1.807, 2.05) is 12.4 Å². The van der Waals surface area contributed by atoms with Crippen molar-refractivity contribution in [1.29, 1.82) is 0 Å². The quantitative estimate of drug-likeness (QED) is 0.794. The highest BCUT2D eigenvalue weighted by molar-refractivity contribution is 5.85. The Morgan fingerprint density at radius 1 is 1.12 bits per heavy atom. The Balaban J connectivity index is 0.00000182. The van der Waals surface area contributed by atoms with Gasteiger partial charge >= 0.3 is 0 Å². The van der Waals surface area contributed by atoms with E-state index in [9.17, 15) is 0 Å². The van der Waals surface area contributed by atoms with E-state index >= 15 is 0 Å². The number of rotatable bonds is 5. The van der Waals surface area contributed by atoms with Gasteiger partial charge in [0.15, 0.2) is 0 Å². The van der Waals surface area contributed by atoms with Gasteiger partial charge in [0.1, 0.15) is 0 Å². The molecule has 0 bridgehead atoms. The van der Waals surface area contributed by atoms with Gasteiger partial charge in [-0.1, -0.05) is 26.0 Å². The predicted molar refractivity (Wildman–Crippen MR) is 103 cm³/mol. The van der Waals surface area contributed by atoms with E-state index in [4.69, 9.17) is 10.7 Å². The third-order valence-corrected chi connectivity index (χ3v) is 5.74. The molecule has 0 amide bonds. The molecule has 1 saturated carbocycles. The summed E-state index contributed by atoms with van der Waals surface area (Å²) in [7, 11) is 0. The zero-order valence-corrected chi connectivity index (χ0v) is 15.6. The van der Waals surface area contributed by atoms with E-state index in [1.54, 1.807) is 0 Å². The van der Waals surface area contributed by atoms with Crippen LogP contribution in [-0.2, 0) is 5.54 Å². The number of nitrogens with two attached hydrogens (primary N) is 1. The van der Waals surface area contributed by atoms with Crippen LogP contribution in [0, 0.1) is 11.8 Å². The van der Waals surface area contributed by atoms with Crippen LogP contribution in [0.3, 0.4) is 0 Å². The summed E-state index contributed by atoms with van der Waals surface area (Å²) < 4.78 is 0. The molecule has 0 aromatic carbocycles. The molecular formula is C20H25ClN4. The lowest BCUT2D eigenvalue weighted by Crippen LogP contribution is -2.35. The van der Waals surface area contributed by atoms with Crippen LogP contribution in [0.4, 0.5) is 0 Å². The van der Waals surface area contributed by atoms with Gasteiger partial charge in [-0.05, 0) is 54.9 Å². The Morgan fingerprint density at radius 3 is 2.48 bits per heavy atom. The maximum Gasteiger partial charge on any atom is 0.0911 e. The number of nitrogens with zero attached hydrogens (tertiary/aromatic N) is 3. The summed E-state index contributed by atoms with van der Waals surface area (Å²) in [5, 5.41) is 8.34. The van der Waals surface area contributed by atoms with Crippen LogP contribution in [0.25, 0.3) is 5.57 Å². The molecule has 25 heavy (non-hydrogen) atoms. The van der Waals surface area contributed by atoms with Gasteiger partial charge in [-0.15, -0.1) is 12.4 Å². The van der Waals surface area contributed by atoms with E-state index < -0.39 is 0 Å². The van der Waals surface area contributed by atoms with E-state index in [2.05, 4.69) is 48.4 Å². The molecule has 1 unspecified atom stereocenters. The predicted octanol–water partition coefficient (Wildman–Crippen LogP) is 5.13. The molecule has 0 radical (unpaired) electrons. The molecule has 1 atom stereocenters. The Kier molecular flexibility index (Phi) is 4.94. The highest BCUT2D eigenvalue weighted by Gasteiger charge is 2.40. The highest BCUT2D eigenvalue weighted by atomic mass is 35.5. The molecule has 0 saturated heterocycles. The first kappa shape index (κ1) is 18.0. The molecule has 1 fully saturated rings. The zero-order chi connectivity index (χ0) is 16.7. The number of hydrogen-bond donors (Lipinski definition) is 1. The zero-order valence-electron chi connectivity index (χ0n) is 14.8. The van der Waals surface area contributed by atoms with Gasteiger partial charge in [0.2, 0.25) is 0 Å². The first-order valence-corrected chi connectivity index (χ1v) is 8.95. The van der Waals surface area contributed by atoms with Crippen molar-refractivity contribution in [2.24, 2.45) is 27.8 Å². The topological polar surface area (TPSA) is 63.6 Å². The number of allylic oxidation sites excluding steroid dienone is 4. The molecule has 2 aliphatic carbocycles. The molecule has 2 N–H and O–H groups in total. The van der Waals surface area contributed by atoms with E-state index in [1.165, 1.54) is 24.0 Å². The molecular weight excluding hydrogens is 332 g/mol. The Hall–Kier alpha value is -1.78. The molecule has 1 aromatic heterocycles. The van der Waals surface area contributed by atoms with Crippen molar-refractivity contribution in [1.82, 2.24) is 4.98 Å². The fourth-order valence-electron chi connectivity index (χ4n) is 3.79. The van der Waals surface area contributed by atoms with E-state index in [0.29, 0.717) is 11.8 Å². The van der Waals surface area contributed by atoms with Crippen LogP contribution in [0.5, 0.6) is 0 Å². The van der Waals surface area contributed by atoms with Crippen molar-refractivity contribution >= 4 is 18.0 Å². The molecule has 4 nitrogen and oxygen atoms in total. The number of fused-ring (bicyclic) bond motifs is 1. The smallest absolute Gasteiger partial charge is 0.0911 e. The van der Waals surface area contributed by atoms with Crippen molar-refractivity contribution < 1.29 is 0 Å². The second kappa shape index (κ2) is 6.85. The molecule has 4 rings (SSSR count). The maximum atomic E-state index is 6.50. The molecule has 2 heterocycles. The fourth-order valence-corrected chi connectivity index (χ4v) is 3.79. The van der Waals surface area contributed by atoms with Gasteiger partial charge in [0.05, 0.1) is 17.6 Å². The Labute approximate surface area is 155 Å². The summed E-state index contributed by atoms with van der Waals surface area (Å²) in [5.41, 5.74) is 12.0. The molecule has 132 valence electrons. The summed E-state index contributed by atoms with van der Waals surface area (Å²) >= 11 is 0. The average Bonchev–Trinajstić information content (AvgIpc) is 3.36. The Morgan fingerprint density at radius 2 is 1.88 bits per heavy atom. The number of halogens is 1. The van der Waals surface area contributed by atoms with Crippen molar-refractivity contribution in [3.8, 4) is 0 Å². The van der Waals surface area contributed by atoms with Crippen molar-refractivity contribution in [2.45, 2.75) is 45.1 Å². The van der Waals surface area contributed by atoms with Gasteiger partial charge in [0, 0.05) is 23.2 Å². The first-order chi connectivity index (χ1) is 11.7. The van der Waals surface area contributed by atoms with Gasteiger partial charge in [-0.3, -0.25) is 4.98 Å². The van der Waals surface area contributed by atoms with Crippen molar-refractivity contribution in [3.63, 3.8) is 0 Å². The van der Waals surface area contributed by atoms with Crippen LogP contribution in [0.15, 0.2) is 58.2 Å². The van der Waals surface area contributed by atoms with Crippen LogP contribution >= 0.6 is 12.4 Å². The third-order valence-electron chi connectivity index (χ3n) is 5.74. The largest absolute Gasteiger partial charge is 0.321 e. The Bertz CT molecular complexity index is 765. The second-order valence-corrected chi connectivity index (χ2v) is 7.08. The molecule has 3 aliphatic rings. The van der Waals surface area contributed by atoms with Crippen LogP contribution in [-0.4, -0.2) is 4.98 Å². The molecule has 5 heteroatoms. The molecule has 1 aromatic rings. The van der Waals surface area contributed by atoms with Crippen molar-refractivity contribution in [3.05, 3.63) is 59.2 Å². The average molecular weight is 357 g/mol. The number of hydrogen-bond acceptors (Lipinski definition) is 4. The number of aromatic nitrogens is 1. The lowest BCUT2D eigenvalue weighted by molar-refractivity contribution is 0.411. The van der Waals surface area contributed by atoms with Crippen LogP contribution in [0.1, 0.15) is 50.8 Å². The third kappa shape index (κ3) is 3.09. The number of azo groups is 1. The summed E-state index contributed by atoms with van der Waals surface area (Å²) in [6.07, 6.45) is 12.5. The van der Waals surface area contributed by atoms with Gasteiger partial charge in [-0.2, -0.15) is 10.2 Å². The molecule has 0 spiro atoms. The summed E-state index contributed by atoms with van der Waals surface area (Å²) in [6, 6.07) is 4.28. The minimum atomic E-state index is -0.277. The lowest BCUT2D eigenvalue weighted by Gasteiger charge is -2.28. The maximum absolute atomic E-state index is 6.50. The summed E-state index contributed by atoms with van der Waals surface area (Å²) in [5.74, 6) is 1.09. The van der Waals surface area contributed by atoms with Gasteiger partial charge in [-0.25, -0.2) is 0 Å². The van der Waals surface area contributed by atoms with Gasteiger partial charge in [0.25, 0.3) is 0 Å². The standard InChI is InChI=1S/C20H24N4.ClH/c1-3-20(21,4-2)14-7-9-17(22-11-14)15-8-10-18-16(12-23-24-18)19(15)13-5-6-13;/h7-13,19H,3-6,21H2,1-2H3;1H. The highest BCUT2D eigenvalue weighted by Crippen LogP contribution is 2.51. The van der Waals surface area contributed by atoms with E-state index in [0.717, 1.165) is 29.8 Å². The van der Waals surface area contributed by atoms with Crippen LogP contribution < -0.4 is 5.73 Å². The van der Waals surface area contributed by atoms with Gasteiger partial charge < -0.3 is 5.73 Å². The SMILES string of the molecule is CCC(N)(CC)c1ccc(C2=CC=C3N=NC=C3C2C2CC2)nc1.Cl. The fraction of sp³-hybridized carbons (Fsp3) is 0.450. The van der Waals surface area contributed by atoms with Crippen LogP contribution in [0.2, 0.25) is 0 Å². The minimum absolute atomic E-state index is 0. The van der Waals surface area contributed by atoms with Crippen molar-refractivity contribution in [2.75, 3.05) is 0 Å². The lowest BCUT2D eigenvalue weighted by atomic mass is 9.80. The normalized spacial score (nSPS) is 21.9. The summed E-state index contributed by atoms with van der Waals surface area (Å²) in [6.45, 7) is 4.27. The monoisotopic (exact) mass is 356 g/mol. The minimum Gasteiger partial charge on any atom is -0.321 e. The molecule has 1 aliphatic heterocycles.